The van der Waals surface area contributed by atoms with Crippen LogP contribution in [0.4, 0.5) is 16.5 Å². The summed E-state index contributed by atoms with van der Waals surface area (Å²) < 4.78 is 0. The lowest BCUT2D eigenvalue weighted by Gasteiger charge is -2.11. The fourth-order valence-corrected chi connectivity index (χ4v) is 2.80. The summed E-state index contributed by atoms with van der Waals surface area (Å²) in [5, 5.41) is 9.67. The van der Waals surface area contributed by atoms with Crippen molar-refractivity contribution in [1.82, 2.24) is 10.4 Å². The highest BCUT2D eigenvalue weighted by Crippen LogP contribution is 2.21. The summed E-state index contributed by atoms with van der Waals surface area (Å²) in [7, 11) is 0. The van der Waals surface area contributed by atoms with E-state index in [-0.39, 0.29) is 30.6 Å². The summed E-state index contributed by atoms with van der Waals surface area (Å²) >= 11 is 1.23. The molecule has 0 aliphatic heterocycles. The number of carbonyl (C=O) groups is 3. The molecule has 0 aliphatic carbocycles. The highest BCUT2D eigenvalue weighted by molar-refractivity contribution is 7.15. The molecule has 1 aromatic heterocycles. The van der Waals surface area contributed by atoms with Crippen molar-refractivity contribution in [3.8, 4) is 0 Å². The van der Waals surface area contributed by atoms with Gasteiger partial charge in [-0.2, -0.15) is 5.10 Å². The summed E-state index contributed by atoms with van der Waals surface area (Å²) in [6.45, 7) is 3.02. The predicted molar refractivity (Wildman–Crippen MR) is 105 cm³/mol. The van der Waals surface area contributed by atoms with Crippen LogP contribution in [0.1, 0.15) is 25.1 Å². The van der Waals surface area contributed by atoms with Crippen molar-refractivity contribution in [2.45, 2.75) is 26.7 Å². The van der Waals surface area contributed by atoms with E-state index in [1.165, 1.54) is 24.5 Å². The Morgan fingerprint density at radius 2 is 1.78 bits per heavy atom. The molecule has 1 aromatic carbocycles. The van der Waals surface area contributed by atoms with E-state index < -0.39 is 0 Å². The molecule has 0 saturated heterocycles. The van der Waals surface area contributed by atoms with Crippen molar-refractivity contribution >= 4 is 51.3 Å². The molecule has 9 nitrogen and oxygen atoms in total. The largest absolute Gasteiger partial charge is 0.375 e. The number of nitrogens with one attached hydrogen (secondary N) is 3. The number of benzene rings is 1. The molecule has 0 saturated carbocycles. The van der Waals surface area contributed by atoms with Crippen LogP contribution >= 0.6 is 11.3 Å². The highest BCUT2D eigenvalue weighted by Gasteiger charge is 2.10. The minimum absolute atomic E-state index is 0.0117. The van der Waals surface area contributed by atoms with Crippen LogP contribution in [-0.4, -0.2) is 28.4 Å². The van der Waals surface area contributed by atoms with Gasteiger partial charge in [0.05, 0.1) is 24.2 Å². The molecule has 0 atom stereocenters. The Kier molecular flexibility index (Phi) is 7.00. The standard InChI is InChI=1S/C17H20N6O3S/c1-10(22-23-16(26)8-12-9-19-17(18)27-12)7-15(25)21-14-6-4-3-5-13(14)20-11(2)24/h3-6,9H,7-8H2,1-2H3,(H2,18,19)(H,20,24)(H,21,25)(H,23,26)/b22-10+. The number of carbonyl (C=O) groups excluding carboxylic acids is 3. The Morgan fingerprint density at radius 1 is 1.11 bits per heavy atom. The molecule has 1 heterocycles. The van der Waals surface area contributed by atoms with E-state index in [1.807, 2.05) is 0 Å². The second kappa shape index (κ2) is 9.43. The first-order valence-electron chi connectivity index (χ1n) is 8.02. The van der Waals surface area contributed by atoms with Gasteiger partial charge in [0.2, 0.25) is 17.7 Å². The van der Waals surface area contributed by atoms with E-state index in [0.717, 1.165) is 4.88 Å². The number of hydrogen-bond acceptors (Lipinski definition) is 7. The van der Waals surface area contributed by atoms with E-state index in [2.05, 4.69) is 26.1 Å². The fourth-order valence-electron chi connectivity index (χ4n) is 2.12. The molecular formula is C17H20N6O3S. The van der Waals surface area contributed by atoms with Gasteiger partial charge in [0.15, 0.2) is 5.13 Å². The van der Waals surface area contributed by atoms with E-state index in [1.54, 1.807) is 31.2 Å². The van der Waals surface area contributed by atoms with E-state index in [4.69, 9.17) is 5.73 Å². The average molecular weight is 388 g/mol. The Balaban J connectivity index is 1.87. The summed E-state index contributed by atoms with van der Waals surface area (Å²) in [5.74, 6) is -0.882. The van der Waals surface area contributed by atoms with Gasteiger partial charge in [-0.3, -0.25) is 14.4 Å². The smallest absolute Gasteiger partial charge is 0.245 e. The summed E-state index contributed by atoms with van der Waals surface area (Å²) in [4.78, 5) is 39.8. The van der Waals surface area contributed by atoms with Crippen LogP contribution in [0.15, 0.2) is 35.6 Å². The minimum Gasteiger partial charge on any atom is -0.375 e. The van der Waals surface area contributed by atoms with Crippen LogP contribution in [0, 0.1) is 0 Å². The van der Waals surface area contributed by atoms with Crippen molar-refractivity contribution in [2.75, 3.05) is 16.4 Å². The van der Waals surface area contributed by atoms with E-state index in [9.17, 15) is 14.4 Å². The Morgan fingerprint density at radius 3 is 2.37 bits per heavy atom. The Labute approximate surface area is 160 Å². The summed E-state index contributed by atoms with van der Waals surface area (Å²) in [6.07, 6.45) is 1.64. The zero-order valence-electron chi connectivity index (χ0n) is 14.9. The molecule has 0 bridgehead atoms. The number of hydrazone groups is 1. The lowest BCUT2D eigenvalue weighted by Crippen LogP contribution is -2.22. The summed E-state index contributed by atoms with van der Waals surface area (Å²) in [6, 6.07) is 6.86. The van der Waals surface area contributed by atoms with Crippen LogP contribution in [0.2, 0.25) is 0 Å². The molecule has 0 spiro atoms. The molecule has 0 fully saturated rings. The van der Waals surface area contributed by atoms with Gasteiger partial charge in [0, 0.05) is 23.7 Å². The maximum absolute atomic E-state index is 12.2. The number of nitrogens with two attached hydrogens (primary N) is 1. The maximum Gasteiger partial charge on any atom is 0.245 e. The molecule has 0 radical (unpaired) electrons. The molecule has 0 aliphatic rings. The predicted octanol–water partition coefficient (Wildman–Crippen LogP) is 1.75. The maximum atomic E-state index is 12.2. The third-order valence-electron chi connectivity index (χ3n) is 3.21. The number of amides is 3. The molecule has 2 aromatic rings. The minimum atomic E-state index is -0.325. The first kappa shape index (κ1) is 20.0. The lowest BCUT2D eigenvalue weighted by molar-refractivity contribution is -0.120. The molecular weight excluding hydrogens is 368 g/mol. The van der Waals surface area contributed by atoms with Crippen LogP contribution in [0.3, 0.4) is 0 Å². The van der Waals surface area contributed by atoms with Crippen molar-refractivity contribution in [3.63, 3.8) is 0 Å². The Hall–Kier alpha value is -3.27. The van der Waals surface area contributed by atoms with Crippen molar-refractivity contribution in [2.24, 2.45) is 5.10 Å². The molecule has 10 heteroatoms. The van der Waals surface area contributed by atoms with Gasteiger partial charge in [-0.25, -0.2) is 10.4 Å². The number of para-hydroxylation sites is 2. The van der Waals surface area contributed by atoms with Gasteiger partial charge < -0.3 is 16.4 Å². The first-order chi connectivity index (χ1) is 12.8. The van der Waals surface area contributed by atoms with Gasteiger partial charge in [-0.05, 0) is 19.1 Å². The second-order valence-corrected chi connectivity index (χ2v) is 6.82. The quantitative estimate of drug-likeness (QED) is 0.423. The number of aromatic nitrogens is 1. The lowest BCUT2D eigenvalue weighted by atomic mass is 10.2. The molecule has 0 unspecified atom stereocenters. The molecule has 2 rings (SSSR count). The number of anilines is 3. The second-order valence-electron chi connectivity index (χ2n) is 5.68. The molecule has 3 amide bonds. The van der Waals surface area contributed by atoms with Crippen molar-refractivity contribution < 1.29 is 14.4 Å². The normalized spacial score (nSPS) is 11.0. The Bertz CT molecular complexity index is 877. The van der Waals surface area contributed by atoms with Crippen molar-refractivity contribution in [1.29, 1.82) is 0 Å². The third-order valence-corrected chi connectivity index (χ3v) is 4.03. The number of nitrogen functional groups attached to an aromatic ring is 1. The number of rotatable bonds is 7. The van der Waals surface area contributed by atoms with Crippen LogP contribution in [-0.2, 0) is 20.8 Å². The molecule has 5 N–H and O–H groups in total. The number of thiazole rings is 1. The fraction of sp³-hybridized carbons (Fsp3) is 0.235. The first-order valence-corrected chi connectivity index (χ1v) is 8.84. The number of nitrogens with zero attached hydrogens (tertiary/aromatic N) is 2. The average Bonchev–Trinajstić information content (AvgIpc) is 2.99. The third kappa shape index (κ3) is 6.86. The van der Waals surface area contributed by atoms with Crippen LogP contribution in [0.25, 0.3) is 0 Å². The summed E-state index contributed by atoms with van der Waals surface area (Å²) in [5.41, 5.74) is 9.33. The van der Waals surface area contributed by atoms with Gasteiger partial charge in [-0.15, -0.1) is 11.3 Å². The van der Waals surface area contributed by atoms with Gasteiger partial charge in [-0.1, -0.05) is 12.1 Å². The van der Waals surface area contributed by atoms with E-state index >= 15 is 0 Å². The van der Waals surface area contributed by atoms with E-state index in [0.29, 0.717) is 22.2 Å². The topological polar surface area (TPSA) is 139 Å². The van der Waals surface area contributed by atoms with Crippen molar-refractivity contribution in [3.05, 3.63) is 35.3 Å². The highest BCUT2D eigenvalue weighted by atomic mass is 32.1. The van der Waals surface area contributed by atoms with Gasteiger partial charge in [0.1, 0.15) is 0 Å². The monoisotopic (exact) mass is 388 g/mol. The molecule has 27 heavy (non-hydrogen) atoms. The number of hydrogen-bond donors (Lipinski definition) is 4. The van der Waals surface area contributed by atoms with Crippen LogP contribution in [0.5, 0.6) is 0 Å². The molecule has 142 valence electrons. The SMILES string of the molecule is CC(=O)Nc1ccccc1NC(=O)C/C(C)=N/NC(=O)Cc1cnc(N)s1. The zero-order chi connectivity index (χ0) is 19.8. The van der Waals surface area contributed by atoms with Gasteiger partial charge in [0.25, 0.3) is 0 Å². The van der Waals surface area contributed by atoms with Gasteiger partial charge >= 0.3 is 0 Å². The van der Waals surface area contributed by atoms with Crippen LogP contribution < -0.4 is 21.8 Å². The zero-order valence-corrected chi connectivity index (χ0v) is 15.7.